The van der Waals surface area contributed by atoms with Gasteiger partial charge in [-0.2, -0.15) is 0 Å². The van der Waals surface area contributed by atoms with Crippen LogP contribution in [0.2, 0.25) is 0 Å². The molecule has 0 radical (unpaired) electrons. The van der Waals surface area contributed by atoms with Crippen LogP contribution in [0.25, 0.3) is 6.08 Å². The maximum atomic E-state index is 13.5. The van der Waals surface area contributed by atoms with E-state index in [0.717, 1.165) is 16.8 Å². The van der Waals surface area contributed by atoms with Gasteiger partial charge in [0.15, 0.2) is 0 Å². The highest BCUT2D eigenvalue weighted by Crippen LogP contribution is 2.25. The number of nitrogen functional groups attached to an aromatic ring is 1. The lowest BCUT2D eigenvalue weighted by atomic mass is 10.0. The van der Waals surface area contributed by atoms with Gasteiger partial charge in [0.25, 0.3) is 5.91 Å². The van der Waals surface area contributed by atoms with Crippen LogP contribution in [0.15, 0.2) is 103 Å². The van der Waals surface area contributed by atoms with E-state index in [1.165, 1.54) is 11.6 Å². The maximum absolute atomic E-state index is 13.5. The van der Waals surface area contributed by atoms with Crippen molar-refractivity contribution < 1.29 is 14.3 Å². The van der Waals surface area contributed by atoms with Gasteiger partial charge in [0.2, 0.25) is 5.91 Å². The van der Waals surface area contributed by atoms with Crippen LogP contribution in [0.5, 0.6) is 5.75 Å². The number of para-hydroxylation sites is 2. The van der Waals surface area contributed by atoms with Crippen molar-refractivity contribution in [3.05, 3.63) is 120 Å². The second-order valence-corrected chi connectivity index (χ2v) is 9.65. The van der Waals surface area contributed by atoms with Crippen molar-refractivity contribution in [3.63, 3.8) is 0 Å². The molecule has 1 unspecified atom stereocenters. The predicted octanol–water partition coefficient (Wildman–Crippen LogP) is 6.84. The average Bonchev–Trinajstić information content (AvgIpc) is 2.97. The van der Waals surface area contributed by atoms with Crippen molar-refractivity contribution in [2.45, 2.75) is 25.8 Å². The molecule has 1 atom stereocenters. The minimum Gasteiger partial charge on any atom is -0.497 e. The number of rotatable bonds is 10. The molecule has 4 rings (SSSR count). The fourth-order valence-electron chi connectivity index (χ4n) is 4.08. The van der Waals surface area contributed by atoms with Gasteiger partial charge < -0.3 is 26.4 Å². The number of ether oxygens (including phenoxy) is 1. The van der Waals surface area contributed by atoms with E-state index in [1.807, 2.05) is 48.5 Å². The molecule has 7 heteroatoms. The summed E-state index contributed by atoms with van der Waals surface area (Å²) in [5.74, 6) is 0.630. The number of benzene rings is 4. The van der Waals surface area contributed by atoms with Crippen molar-refractivity contribution in [3.8, 4) is 5.75 Å². The third-order valence-electron chi connectivity index (χ3n) is 6.42. The van der Waals surface area contributed by atoms with Crippen molar-refractivity contribution in [2.24, 2.45) is 0 Å². The molecule has 204 valence electrons. The highest BCUT2D eigenvalue weighted by atomic mass is 16.5. The number of hydrogen-bond donors (Lipinski definition) is 4. The predicted molar refractivity (Wildman–Crippen MR) is 163 cm³/mol. The quantitative estimate of drug-likeness (QED) is 0.132. The third kappa shape index (κ3) is 7.51. The summed E-state index contributed by atoms with van der Waals surface area (Å²) in [5.41, 5.74) is 11.3. The van der Waals surface area contributed by atoms with Crippen molar-refractivity contribution in [1.29, 1.82) is 0 Å². The van der Waals surface area contributed by atoms with Gasteiger partial charge in [0.1, 0.15) is 11.8 Å². The van der Waals surface area contributed by atoms with Gasteiger partial charge in [-0.05, 0) is 77.2 Å². The second kappa shape index (κ2) is 13.2. The maximum Gasteiger partial charge on any atom is 0.251 e. The van der Waals surface area contributed by atoms with Gasteiger partial charge in [-0.15, -0.1) is 0 Å². The molecule has 2 amide bonds. The minimum absolute atomic E-state index is 0.207. The molecule has 5 N–H and O–H groups in total. The lowest BCUT2D eigenvalue weighted by molar-refractivity contribution is -0.117. The van der Waals surface area contributed by atoms with E-state index in [2.05, 4.69) is 41.9 Å². The third-order valence-corrected chi connectivity index (χ3v) is 6.42. The first kappa shape index (κ1) is 28.0. The zero-order valence-electron chi connectivity index (χ0n) is 22.8. The largest absolute Gasteiger partial charge is 0.497 e. The number of carbonyl (C=O) groups is 2. The van der Waals surface area contributed by atoms with Gasteiger partial charge in [0, 0.05) is 17.5 Å². The first-order chi connectivity index (χ1) is 19.3. The zero-order chi connectivity index (χ0) is 28.5. The monoisotopic (exact) mass is 534 g/mol. The number of nitrogens with one attached hydrogen (secondary N) is 3. The van der Waals surface area contributed by atoms with Crippen molar-refractivity contribution >= 4 is 40.6 Å². The van der Waals surface area contributed by atoms with Crippen LogP contribution in [0.3, 0.4) is 0 Å². The minimum atomic E-state index is -0.658. The normalized spacial score (nSPS) is 11.7. The van der Waals surface area contributed by atoms with E-state index in [0.29, 0.717) is 28.7 Å². The topological polar surface area (TPSA) is 105 Å². The fourth-order valence-corrected chi connectivity index (χ4v) is 4.08. The molecule has 0 saturated heterocycles. The van der Waals surface area contributed by atoms with Gasteiger partial charge in [0.05, 0.1) is 18.5 Å². The van der Waals surface area contributed by atoms with Crippen molar-refractivity contribution in [1.82, 2.24) is 0 Å². The Hall–Kier alpha value is -5.04. The van der Waals surface area contributed by atoms with E-state index in [-0.39, 0.29) is 11.8 Å². The lowest BCUT2D eigenvalue weighted by Gasteiger charge is -2.21. The molecule has 0 aliphatic carbocycles. The molecule has 0 bridgehead atoms. The van der Waals surface area contributed by atoms with Gasteiger partial charge in [-0.1, -0.05) is 62.4 Å². The summed E-state index contributed by atoms with van der Waals surface area (Å²) in [6.07, 6.45) is 3.16. The van der Waals surface area contributed by atoms with E-state index in [1.54, 1.807) is 49.6 Å². The van der Waals surface area contributed by atoms with Crippen LogP contribution in [0, 0.1) is 0 Å². The summed E-state index contributed by atoms with van der Waals surface area (Å²) >= 11 is 0. The van der Waals surface area contributed by atoms with Gasteiger partial charge >= 0.3 is 0 Å². The zero-order valence-corrected chi connectivity index (χ0v) is 22.8. The Kier molecular flexibility index (Phi) is 9.20. The lowest BCUT2D eigenvalue weighted by Crippen LogP contribution is -2.27. The number of anilines is 4. The number of nitrogens with two attached hydrogens (primary N) is 1. The smallest absolute Gasteiger partial charge is 0.251 e. The standard InChI is InChI=1S/C33H34N4O3/c1-22(2)24-13-15-26(16-14-24)35-32(33(39)36-27-17-19-28(40-3)20-18-27)25-11-8-23(9-12-25)10-21-31(38)37-30-7-5-4-6-29(30)34/h4-22,32,35H,34H2,1-3H3,(H,36,39)(H,37,38). The number of methoxy groups -OCH3 is 1. The van der Waals surface area contributed by atoms with Crippen LogP contribution in [-0.4, -0.2) is 18.9 Å². The van der Waals surface area contributed by atoms with Crippen LogP contribution in [0.4, 0.5) is 22.7 Å². The molecule has 0 aromatic heterocycles. The number of carbonyl (C=O) groups excluding carboxylic acids is 2. The van der Waals surface area contributed by atoms with E-state index in [4.69, 9.17) is 10.5 Å². The Morgan fingerprint density at radius 3 is 2.02 bits per heavy atom. The Balaban J connectivity index is 1.51. The van der Waals surface area contributed by atoms with Gasteiger partial charge in [-0.3, -0.25) is 9.59 Å². The molecule has 40 heavy (non-hydrogen) atoms. The summed E-state index contributed by atoms with van der Waals surface area (Å²) in [5, 5.41) is 9.14. The summed E-state index contributed by atoms with van der Waals surface area (Å²) in [7, 11) is 1.60. The average molecular weight is 535 g/mol. The molecule has 0 heterocycles. The van der Waals surface area contributed by atoms with E-state index < -0.39 is 6.04 Å². The highest BCUT2D eigenvalue weighted by Gasteiger charge is 2.21. The van der Waals surface area contributed by atoms with Crippen LogP contribution in [-0.2, 0) is 9.59 Å². The summed E-state index contributed by atoms with van der Waals surface area (Å²) in [6, 6.07) is 29.2. The molecule has 4 aromatic rings. The van der Waals surface area contributed by atoms with Crippen LogP contribution in [0.1, 0.15) is 42.5 Å². The molecule has 4 aromatic carbocycles. The second-order valence-electron chi connectivity index (χ2n) is 9.65. The first-order valence-electron chi connectivity index (χ1n) is 13.1. The van der Waals surface area contributed by atoms with E-state index in [9.17, 15) is 9.59 Å². The molecule has 0 spiro atoms. The summed E-state index contributed by atoms with van der Waals surface area (Å²) in [6.45, 7) is 4.29. The van der Waals surface area contributed by atoms with Crippen molar-refractivity contribution in [2.75, 3.05) is 28.8 Å². The molecular weight excluding hydrogens is 500 g/mol. The molecular formula is C33H34N4O3. The SMILES string of the molecule is COc1ccc(NC(=O)C(Nc2ccc(C(C)C)cc2)c2ccc(C=CC(=O)Nc3ccccc3N)cc2)cc1. The fraction of sp³-hybridized carbons (Fsp3) is 0.152. The Morgan fingerprint density at radius 1 is 0.775 bits per heavy atom. The van der Waals surface area contributed by atoms with Gasteiger partial charge in [-0.25, -0.2) is 0 Å². The molecule has 0 saturated carbocycles. The Morgan fingerprint density at radius 2 is 1.40 bits per heavy atom. The highest BCUT2D eigenvalue weighted by molar-refractivity contribution is 6.03. The molecule has 0 fully saturated rings. The van der Waals surface area contributed by atoms with Crippen LogP contribution < -0.4 is 26.4 Å². The number of amides is 2. The Labute approximate surface area is 235 Å². The summed E-state index contributed by atoms with van der Waals surface area (Å²) < 4.78 is 5.22. The Bertz CT molecular complexity index is 1460. The van der Waals surface area contributed by atoms with E-state index >= 15 is 0 Å². The molecule has 0 aliphatic heterocycles. The first-order valence-corrected chi connectivity index (χ1v) is 13.1. The summed E-state index contributed by atoms with van der Waals surface area (Å²) in [4.78, 5) is 25.8. The number of hydrogen-bond acceptors (Lipinski definition) is 5. The molecule has 7 nitrogen and oxygen atoms in total. The van der Waals surface area contributed by atoms with Crippen LogP contribution >= 0.6 is 0 Å². The molecule has 0 aliphatic rings.